The van der Waals surface area contributed by atoms with Crippen molar-refractivity contribution in [2.75, 3.05) is 12.0 Å². The van der Waals surface area contributed by atoms with Gasteiger partial charge in [-0.1, -0.05) is 23.7 Å². The molecule has 0 N–H and O–H groups in total. The molecule has 1 amide bonds. The number of carbonyl (C=O) groups is 2. The number of ether oxygens (including phenoxy) is 1. The zero-order valence-corrected chi connectivity index (χ0v) is 15.6. The maximum atomic E-state index is 13.0. The first kappa shape index (κ1) is 17.5. The van der Waals surface area contributed by atoms with Crippen molar-refractivity contribution in [2.24, 2.45) is 0 Å². The largest absolute Gasteiger partial charge is 0.465 e. The second-order valence-corrected chi connectivity index (χ2v) is 6.99. The third-order valence-electron chi connectivity index (χ3n) is 4.03. The fraction of sp³-hybridized carbons (Fsp3) is 0.158. The number of benzene rings is 1. The number of amides is 1. The number of anilines is 1. The molecule has 0 bridgehead atoms. The Morgan fingerprint density at radius 2 is 2.04 bits per heavy atom. The Morgan fingerprint density at radius 1 is 1.28 bits per heavy atom. The SMILES string of the molecule is COC(=O)C1=C(C)N(c2ccc(C)c(Cl)c2)C(=O)C1=Cc1cccs1. The summed E-state index contributed by atoms with van der Waals surface area (Å²) >= 11 is 7.70. The number of carbonyl (C=O) groups excluding carboxylic acids is 2. The van der Waals surface area contributed by atoms with Gasteiger partial charge >= 0.3 is 5.97 Å². The lowest BCUT2D eigenvalue weighted by Gasteiger charge is -2.18. The van der Waals surface area contributed by atoms with E-state index >= 15 is 0 Å². The summed E-state index contributed by atoms with van der Waals surface area (Å²) in [6.07, 6.45) is 1.72. The van der Waals surface area contributed by atoms with Gasteiger partial charge in [0.2, 0.25) is 0 Å². The van der Waals surface area contributed by atoms with E-state index in [2.05, 4.69) is 0 Å². The molecule has 4 nitrogen and oxygen atoms in total. The first-order chi connectivity index (χ1) is 11.9. The van der Waals surface area contributed by atoms with Crippen LogP contribution in [-0.4, -0.2) is 19.0 Å². The van der Waals surface area contributed by atoms with Crippen LogP contribution in [0.1, 0.15) is 17.4 Å². The van der Waals surface area contributed by atoms with E-state index in [9.17, 15) is 9.59 Å². The van der Waals surface area contributed by atoms with E-state index in [0.29, 0.717) is 22.0 Å². The maximum absolute atomic E-state index is 13.0. The molecule has 0 radical (unpaired) electrons. The van der Waals surface area contributed by atoms with Gasteiger partial charge in [0.1, 0.15) is 0 Å². The van der Waals surface area contributed by atoms with Gasteiger partial charge in [-0.25, -0.2) is 4.79 Å². The highest BCUT2D eigenvalue weighted by Gasteiger charge is 2.38. The lowest BCUT2D eigenvalue weighted by atomic mass is 10.1. The molecule has 3 rings (SSSR count). The van der Waals surface area contributed by atoms with E-state index in [1.165, 1.54) is 23.3 Å². The van der Waals surface area contributed by atoms with Gasteiger partial charge in [-0.05, 0) is 49.1 Å². The highest BCUT2D eigenvalue weighted by atomic mass is 35.5. The van der Waals surface area contributed by atoms with Gasteiger partial charge in [-0.2, -0.15) is 0 Å². The molecule has 0 atom stereocenters. The minimum absolute atomic E-state index is 0.272. The van der Waals surface area contributed by atoms with E-state index in [-0.39, 0.29) is 11.5 Å². The number of hydrogen-bond acceptors (Lipinski definition) is 4. The number of rotatable bonds is 3. The van der Waals surface area contributed by atoms with Crippen molar-refractivity contribution in [3.63, 3.8) is 0 Å². The number of hydrogen-bond donors (Lipinski definition) is 0. The van der Waals surface area contributed by atoms with Gasteiger partial charge < -0.3 is 4.74 Å². The summed E-state index contributed by atoms with van der Waals surface area (Å²) < 4.78 is 4.89. The molecule has 2 aromatic rings. The Hall–Kier alpha value is -2.37. The first-order valence-electron chi connectivity index (χ1n) is 7.59. The molecule has 128 valence electrons. The number of nitrogens with zero attached hydrogens (tertiary/aromatic N) is 1. The number of allylic oxidation sites excluding steroid dienone is 1. The molecule has 0 aliphatic carbocycles. The number of thiophene rings is 1. The van der Waals surface area contributed by atoms with Gasteiger partial charge in [0.25, 0.3) is 5.91 Å². The van der Waals surface area contributed by atoms with Crippen LogP contribution in [0.3, 0.4) is 0 Å². The van der Waals surface area contributed by atoms with Crippen LogP contribution in [-0.2, 0) is 14.3 Å². The van der Waals surface area contributed by atoms with Crippen LogP contribution >= 0.6 is 22.9 Å². The van der Waals surface area contributed by atoms with Gasteiger partial charge in [-0.3, -0.25) is 9.69 Å². The molecule has 1 aliphatic heterocycles. The van der Waals surface area contributed by atoms with Crippen LogP contribution in [0.15, 0.2) is 52.6 Å². The van der Waals surface area contributed by atoms with E-state index in [1.54, 1.807) is 19.1 Å². The highest BCUT2D eigenvalue weighted by Crippen LogP contribution is 2.37. The molecular weight excluding hydrogens is 358 g/mol. The van der Waals surface area contributed by atoms with Gasteiger partial charge in [0.15, 0.2) is 0 Å². The summed E-state index contributed by atoms with van der Waals surface area (Å²) in [7, 11) is 1.31. The molecule has 0 spiro atoms. The predicted molar refractivity (Wildman–Crippen MR) is 101 cm³/mol. The summed E-state index contributed by atoms with van der Waals surface area (Å²) in [6.45, 7) is 3.62. The van der Waals surface area contributed by atoms with Crippen LogP contribution in [0.4, 0.5) is 5.69 Å². The zero-order valence-electron chi connectivity index (χ0n) is 14.0. The average Bonchev–Trinajstić information content (AvgIpc) is 3.17. The average molecular weight is 374 g/mol. The second kappa shape index (κ2) is 6.86. The van der Waals surface area contributed by atoms with Crippen LogP contribution in [0.5, 0.6) is 0 Å². The van der Waals surface area contributed by atoms with Crippen molar-refractivity contribution in [3.05, 3.63) is 68.0 Å². The van der Waals surface area contributed by atoms with Crippen LogP contribution < -0.4 is 4.90 Å². The van der Waals surface area contributed by atoms with Crippen molar-refractivity contribution in [1.82, 2.24) is 0 Å². The summed E-state index contributed by atoms with van der Waals surface area (Å²) in [5.74, 6) is -0.805. The first-order valence-corrected chi connectivity index (χ1v) is 8.85. The topological polar surface area (TPSA) is 46.6 Å². The predicted octanol–water partition coefficient (Wildman–Crippen LogP) is 4.59. The zero-order chi connectivity index (χ0) is 18.1. The Bertz CT molecular complexity index is 913. The minimum atomic E-state index is -0.533. The van der Waals surface area contributed by atoms with Gasteiger partial charge in [0.05, 0.1) is 23.9 Å². The van der Waals surface area contributed by atoms with E-state index < -0.39 is 5.97 Å². The molecule has 0 saturated heterocycles. The monoisotopic (exact) mass is 373 g/mol. The highest BCUT2D eigenvalue weighted by molar-refractivity contribution is 7.10. The van der Waals surface area contributed by atoms with E-state index in [4.69, 9.17) is 16.3 Å². The fourth-order valence-corrected chi connectivity index (χ4v) is 3.56. The van der Waals surface area contributed by atoms with Crippen molar-refractivity contribution in [2.45, 2.75) is 13.8 Å². The Kier molecular flexibility index (Phi) is 4.79. The van der Waals surface area contributed by atoms with Crippen LogP contribution in [0.2, 0.25) is 5.02 Å². The molecule has 6 heteroatoms. The third kappa shape index (κ3) is 3.13. The molecular formula is C19H16ClNO3S. The lowest BCUT2D eigenvalue weighted by molar-refractivity contribution is -0.136. The fourth-order valence-electron chi connectivity index (χ4n) is 2.73. The van der Waals surface area contributed by atoms with Crippen molar-refractivity contribution in [1.29, 1.82) is 0 Å². The molecule has 25 heavy (non-hydrogen) atoms. The van der Waals surface area contributed by atoms with E-state index in [0.717, 1.165) is 10.4 Å². The standard InChI is InChI=1S/C19H16ClNO3S/c1-11-6-7-13(9-16(11)20)21-12(2)17(19(23)24-3)15(18(21)22)10-14-5-4-8-25-14/h4-10H,1-3H3. The number of esters is 1. The minimum Gasteiger partial charge on any atom is -0.465 e. The Morgan fingerprint density at radius 3 is 2.64 bits per heavy atom. The second-order valence-electron chi connectivity index (χ2n) is 5.60. The number of methoxy groups -OCH3 is 1. The molecule has 1 aliphatic rings. The molecule has 0 fully saturated rings. The van der Waals surface area contributed by atoms with Gasteiger partial charge in [-0.15, -0.1) is 11.3 Å². The van der Waals surface area contributed by atoms with E-state index in [1.807, 2.05) is 36.6 Å². The third-order valence-corrected chi connectivity index (χ3v) is 5.26. The quantitative estimate of drug-likeness (QED) is 0.584. The van der Waals surface area contributed by atoms with Gasteiger partial charge in [0, 0.05) is 15.6 Å². The van der Waals surface area contributed by atoms with Crippen molar-refractivity contribution < 1.29 is 14.3 Å². The molecule has 1 aromatic heterocycles. The smallest absolute Gasteiger partial charge is 0.340 e. The summed E-state index contributed by atoms with van der Waals surface area (Å²) in [6, 6.07) is 9.16. The Balaban J connectivity index is 2.15. The van der Waals surface area contributed by atoms with Crippen molar-refractivity contribution in [3.8, 4) is 0 Å². The van der Waals surface area contributed by atoms with Crippen LogP contribution in [0, 0.1) is 6.92 Å². The molecule has 0 unspecified atom stereocenters. The van der Waals surface area contributed by atoms with Crippen molar-refractivity contribution >= 4 is 46.6 Å². The van der Waals surface area contributed by atoms with Crippen LogP contribution in [0.25, 0.3) is 6.08 Å². The lowest BCUT2D eigenvalue weighted by Crippen LogP contribution is -2.24. The summed E-state index contributed by atoms with van der Waals surface area (Å²) in [4.78, 5) is 27.7. The molecule has 1 aromatic carbocycles. The summed E-state index contributed by atoms with van der Waals surface area (Å²) in [5.41, 5.74) is 2.66. The molecule has 0 saturated carbocycles. The number of aryl methyl sites for hydroxylation is 1. The maximum Gasteiger partial charge on any atom is 0.340 e. The molecule has 2 heterocycles. The Labute approximate surface area is 155 Å². The normalized spacial score (nSPS) is 16.1. The summed E-state index contributed by atoms with van der Waals surface area (Å²) in [5, 5.41) is 2.48. The number of halogens is 1.